The Morgan fingerprint density at radius 3 is 2.69 bits per heavy atom. The zero-order valence-corrected chi connectivity index (χ0v) is 16.1. The van der Waals surface area contributed by atoms with Gasteiger partial charge in [0.25, 0.3) is 5.91 Å². The molecule has 0 fully saturated rings. The molecule has 4 rings (SSSR count). The maximum Gasteiger partial charge on any atom is 0.337 e. The zero-order valence-electron chi connectivity index (χ0n) is 16.1. The monoisotopic (exact) mass is 387 g/mol. The van der Waals surface area contributed by atoms with Crippen molar-refractivity contribution in [3.8, 4) is 0 Å². The summed E-state index contributed by atoms with van der Waals surface area (Å²) in [5.74, 6) is -0.780. The minimum absolute atomic E-state index is 0.324. The summed E-state index contributed by atoms with van der Waals surface area (Å²) in [4.78, 5) is 30.8. The van der Waals surface area contributed by atoms with Crippen LogP contribution in [0.25, 0.3) is 0 Å². The number of aromatic nitrogens is 1. The van der Waals surface area contributed by atoms with Crippen LogP contribution in [0.2, 0.25) is 0 Å². The van der Waals surface area contributed by atoms with Crippen LogP contribution in [0.5, 0.6) is 0 Å². The number of amides is 1. The molecule has 0 aliphatic carbocycles. The average molecular weight is 387 g/mol. The minimum atomic E-state index is -0.452. The van der Waals surface area contributed by atoms with Crippen molar-refractivity contribution in [1.29, 1.82) is 0 Å². The fourth-order valence-electron chi connectivity index (χ4n) is 3.49. The number of pyridine rings is 1. The molecule has 2 heterocycles. The smallest absolute Gasteiger partial charge is 0.337 e. The molecule has 0 saturated carbocycles. The van der Waals surface area contributed by atoms with E-state index in [0.717, 1.165) is 25.2 Å². The third-order valence-electron chi connectivity index (χ3n) is 5.01. The molecule has 2 aromatic carbocycles. The summed E-state index contributed by atoms with van der Waals surface area (Å²) >= 11 is 0. The number of benzene rings is 2. The Bertz CT molecular complexity index is 1060. The van der Waals surface area contributed by atoms with Crippen molar-refractivity contribution in [3.63, 3.8) is 0 Å². The second-order valence-electron chi connectivity index (χ2n) is 6.87. The van der Waals surface area contributed by atoms with E-state index < -0.39 is 5.97 Å². The number of methoxy groups -OCH3 is 1. The number of hydrogen-bond donors (Lipinski definition) is 1. The number of anilines is 2. The van der Waals surface area contributed by atoms with Gasteiger partial charge >= 0.3 is 5.97 Å². The number of hydrogen-bond acceptors (Lipinski definition) is 5. The number of nitrogens with one attached hydrogen (secondary N) is 1. The van der Waals surface area contributed by atoms with Crippen molar-refractivity contribution >= 4 is 23.3 Å². The highest BCUT2D eigenvalue weighted by atomic mass is 16.5. The van der Waals surface area contributed by atoms with Crippen LogP contribution >= 0.6 is 0 Å². The van der Waals surface area contributed by atoms with E-state index in [1.807, 2.05) is 6.07 Å². The summed E-state index contributed by atoms with van der Waals surface area (Å²) < 4.78 is 4.72. The van der Waals surface area contributed by atoms with Crippen LogP contribution in [0.1, 0.15) is 32.0 Å². The van der Waals surface area contributed by atoms with Crippen LogP contribution in [0, 0.1) is 0 Å². The normalized spacial score (nSPS) is 12.8. The molecule has 1 amide bonds. The molecule has 146 valence electrons. The minimum Gasteiger partial charge on any atom is -0.465 e. The zero-order chi connectivity index (χ0) is 20.2. The Balaban J connectivity index is 1.50. The summed E-state index contributed by atoms with van der Waals surface area (Å²) in [6, 6.07) is 18.8. The largest absolute Gasteiger partial charge is 0.465 e. The van der Waals surface area contributed by atoms with Gasteiger partial charge in [0.05, 0.1) is 12.7 Å². The molecular formula is C23H21N3O3. The van der Waals surface area contributed by atoms with Crippen LogP contribution in [0.3, 0.4) is 0 Å². The van der Waals surface area contributed by atoms with E-state index in [4.69, 9.17) is 4.74 Å². The quantitative estimate of drug-likeness (QED) is 0.692. The number of ether oxygens (including phenoxy) is 1. The molecule has 6 nitrogen and oxygen atoms in total. The second-order valence-corrected chi connectivity index (χ2v) is 6.87. The lowest BCUT2D eigenvalue weighted by Gasteiger charge is -2.30. The molecule has 1 aromatic heterocycles. The topological polar surface area (TPSA) is 71.5 Å². The lowest BCUT2D eigenvalue weighted by molar-refractivity contribution is 0.0600. The third-order valence-corrected chi connectivity index (χ3v) is 5.01. The molecule has 1 aliphatic rings. The number of nitrogens with zero attached hydrogens (tertiary/aromatic N) is 2. The Hall–Kier alpha value is -3.67. The molecule has 0 saturated heterocycles. The van der Waals surface area contributed by atoms with Crippen molar-refractivity contribution in [3.05, 3.63) is 89.2 Å². The van der Waals surface area contributed by atoms with Gasteiger partial charge in [0.15, 0.2) is 0 Å². The second kappa shape index (κ2) is 8.14. The highest BCUT2D eigenvalue weighted by Gasteiger charge is 2.18. The van der Waals surface area contributed by atoms with Gasteiger partial charge in [0, 0.05) is 30.7 Å². The Morgan fingerprint density at radius 2 is 1.86 bits per heavy atom. The molecule has 1 aliphatic heterocycles. The van der Waals surface area contributed by atoms with Gasteiger partial charge in [0.1, 0.15) is 5.69 Å². The van der Waals surface area contributed by atoms with E-state index in [2.05, 4.69) is 39.5 Å². The van der Waals surface area contributed by atoms with Gasteiger partial charge in [-0.1, -0.05) is 30.3 Å². The van der Waals surface area contributed by atoms with Gasteiger partial charge < -0.3 is 15.0 Å². The van der Waals surface area contributed by atoms with Crippen molar-refractivity contribution < 1.29 is 14.3 Å². The van der Waals surface area contributed by atoms with Gasteiger partial charge in [-0.2, -0.15) is 0 Å². The average Bonchev–Trinajstić information content (AvgIpc) is 2.78. The summed E-state index contributed by atoms with van der Waals surface area (Å²) in [5, 5.41) is 2.80. The summed E-state index contributed by atoms with van der Waals surface area (Å²) in [7, 11) is 1.32. The highest BCUT2D eigenvalue weighted by Crippen LogP contribution is 2.24. The van der Waals surface area contributed by atoms with E-state index in [1.54, 1.807) is 36.5 Å². The number of rotatable bonds is 4. The van der Waals surface area contributed by atoms with E-state index in [0.29, 0.717) is 16.9 Å². The number of carbonyl (C=O) groups is 2. The highest BCUT2D eigenvalue weighted by molar-refractivity contribution is 6.04. The maximum absolute atomic E-state index is 12.7. The van der Waals surface area contributed by atoms with E-state index in [-0.39, 0.29) is 5.91 Å². The number of carbonyl (C=O) groups excluding carboxylic acids is 2. The molecule has 0 spiro atoms. The lowest BCUT2D eigenvalue weighted by Crippen LogP contribution is -2.30. The maximum atomic E-state index is 12.7. The molecular weight excluding hydrogens is 366 g/mol. The molecule has 0 radical (unpaired) electrons. The molecule has 0 bridgehead atoms. The first-order chi connectivity index (χ1) is 14.1. The lowest BCUT2D eigenvalue weighted by atomic mass is 9.99. The first-order valence-corrected chi connectivity index (χ1v) is 9.41. The van der Waals surface area contributed by atoms with Crippen LogP contribution in [-0.2, 0) is 17.7 Å². The van der Waals surface area contributed by atoms with Crippen molar-refractivity contribution in [1.82, 2.24) is 4.98 Å². The standard InChI is InChI=1S/C23H21N3O3/c1-29-23(28)17-7-4-8-19(13-17)25-22(27)21-14-20(9-11-24-21)26-12-10-16-5-2-3-6-18(16)15-26/h2-9,11,13-14H,10,12,15H2,1H3,(H,25,27). The SMILES string of the molecule is COC(=O)c1cccc(NC(=O)c2cc(N3CCc4ccccc4C3)ccn2)c1. The van der Waals surface area contributed by atoms with Crippen molar-refractivity contribution in [2.75, 3.05) is 23.9 Å². The van der Waals surface area contributed by atoms with E-state index in [1.165, 1.54) is 18.2 Å². The summed E-state index contributed by atoms with van der Waals surface area (Å²) in [6.07, 6.45) is 2.62. The van der Waals surface area contributed by atoms with E-state index in [9.17, 15) is 9.59 Å². The fraction of sp³-hybridized carbons (Fsp3) is 0.174. The predicted molar refractivity (Wildman–Crippen MR) is 111 cm³/mol. The third kappa shape index (κ3) is 4.11. The van der Waals surface area contributed by atoms with Gasteiger partial charge in [0.2, 0.25) is 0 Å². The molecule has 0 atom stereocenters. The molecule has 29 heavy (non-hydrogen) atoms. The van der Waals surface area contributed by atoms with Gasteiger partial charge in [-0.3, -0.25) is 9.78 Å². The predicted octanol–water partition coefficient (Wildman–Crippen LogP) is 3.68. The van der Waals surface area contributed by atoms with Crippen LogP contribution in [0.4, 0.5) is 11.4 Å². The van der Waals surface area contributed by atoms with Crippen LogP contribution in [-0.4, -0.2) is 30.5 Å². The van der Waals surface area contributed by atoms with Gasteiger partial charge in [-0.15, -0.1) is 0 Å². The molecule has 6 heteroatoms. The molecule has 3 aromatic rings. The first kappa shape index (κ1) is 18.7. The summed E-state index contributed by atoms with van der Waals surface area (Å²) in [6.45, 7) is 1.70. The van der Waals surface area contributed by atoms with Crippen molar-refractivity contribution in [2.45, 2.75) is 13.0 Å². The van der Waals surface area contributed by atoms with Crippen molar-refractivity contribution in [2.24, 2.45) is 0 Å². The van der Waals surface area contributed by atoms with Gasteiger partial charge in [-0.05, 0) is 47.9 Å². The number of esters is 1. The summed E-state index contributed by atoms with van der Waals surface area (Å²) in [5.41, 5.74) is 4.85. The number of fused-ring (bicyclic) bond motifs is 1. The van der Waals surface area contributed by atoms with Crippen LogP contribution < -0.4 is 10.2 Å². The van der Waals surface area contributed by atoms with Gasteiger partial charge in [-0.25, -0.2) is 4.79 Å². The van der Waals surface area contributed by atoms with Crippen LogP contribution in [0.15, 0.2) is 66.9 Å². The van der Waals surface area contributed by atoms with E-state index >= 15 is 0 Å². The fourth-order valence-corrected chi connectivity index (χ4v) is 3.49. The Kier molecular flexibility index (Phi) is 5.24. The Morgan fingerprint density at radius 1 is 1.03 bits per heavy atom. The molecule has 1 N–H and O–H groups in total. The molecule has 0 unspecified atom stereocenters. The first-order valence-electron chi connectivity index (χ1n) is 9.41. The Labute approximate surface area is 169 Å².